The fourth-order valence-corrected chi connectivity index (χ4v) is 3.71. The van der Waals surface area contributed by atoms with Crippen LogP contribution in [0.3, 0.4) is 0 Å². The number of amides is 3. The maximum atomic E-state index is 12.4. The average Bonchev–Trinajstić information content (AvgIpc) is 2.98. The zero-order valence-electron chi connectivity index (χ0n) is 16.9. The minimum atomic E-state index is -0.316. The van der Waals surface area contributed by atoms with Gasteiger partial charge in [-0.3, -0.25) is 19.3 Å². The Morgan fingerprint density at radius 3 is 2.53 bits per heavy atom. The Balaban J connectivity index is 1.44. The first-order valence-corrected chi connectivity index (χ1v) is 10.4. The zero-order valence-corrected chi connectivity index (χ0v) is 18.5. The summed E-state index contributed by atoms with van der Waals surface area (Å²) in [6.45, 7) is 0.673. The molecular weight excluding hydrogens is 452 g/mol. The van der Waals surface area contributed by atoms with Gasteiger partial charge in [0.2, 0.25) is 5.91 Å². The lowest BCUT2D eigenvalue weighted by atomic mass is 10.1. The van der Waals surface area contributed by atoms with Crippen LogP contribution in [0.1, 0.15) is 39.1 Å². The van der Waals surface area contributed by atoms with Gasteiger partial charge >= 0.3 is 0 Å². The highest BCUT2D eigenvalue weighted by Crippen LogP contribution is 2.26. The highest BCUT2D eigenvalue weighted by atomic mass is 79.9. The standard InChI is InChI=1S/C22H23BrN2O5/c1-29-16-7-5-14(19(13-16)30-2)9-10-24-20(26)4-3-11-25-21(27)17-8-6-15(23)12-18(17)22(25)28/h5-8,12-13H,3-4,9-11H2,1-2H3,(H,24,26). The maximum absolute atomic E-state index is 12.4. The quantitative estimate of drug-likeness (QED) is 0.564. The normalized spacial score (nSPS) is 12.7. The van der Waals surface area contributed by atoms with E-state index in [1.807, 2.05) is 12.1 Å². The summed E-state index contributed by atoms with van der Waals surface area (Å²) in [6.07, 6.45) is 1.26. The molecule has 2 aromatic rings. The van der Waals surface area contributed by atoms with Gasteiger partial charge in [-0.05, 0) is 42.7 Å². The molecule has 7 nitrogen and oxygen atoms in total. The van der Waals surface area contributed by atoms with E-state index in [-0.39, 0.29) is 30.7 Å². The Morgan fingerprint density at radius 1 is 1.03 bits per heavy atom. The van der Waals surface area contributed by atoms with E-state index in [0.717, 1.165) is 10.0 Å². The number of fused-ring (bicyclic) bond motifs is 1. The van der Waals surface area contributed by atoms with Crippen molar-refractivity contribution in [3.63, 3.8) is 0 Å². The van der Waals surface area contributed by atoms with Gasteiger partial charge in [-0.25, -0.2) is 0 Å². The molecule has 158 valence electrons. The SMILES string of the molecule is COc1ccc(CCNC(=O)CCCN2C(=O)c3ccc(Br)cc3C2=O)c(OC)c1. The smallest absolute Gasteiger partial charge is 0.261 e. The maximum Gasteiger partial charge on any atom is 0.261 e. The summed E-state index contributed by atoms with van der Waals surface area (Å²) in [6, 6.07) is 10.6. The second kappa shape index (κ2) is 9.75. The van der Waals surface area contributed by atoms with E-state index in [9.17, 15) is 14.4 Å². The van der Waals surface area contributed by atoms with Gasteiger partial charge in [0.25, 0.3) is 11.8 Å². The van der Waals surface area contributed by atoms with E-state index in [4.69, 9.17) is 9.47 Å². The number of carbonyl (C=O) groups excluding carboxylic acids is 3. The molecule has 0 unspecified atom stereocenters. The predicted molar refractivity (Wildman–Crippen MR) is 115 cm³/mol. The Hall–Kier alpha value is -2.87. The van der Waals surface area contributed by atoms with Crippen LogP contribution >= 0.6 is 15.9 Å². The van der Waals surface area contributed by atoms with Crippen molar-refractivity contribution in [2.75, 3.05) is 27.3 Å². The Kier molecular flexibility index (Phi) is 7.10. The van der Waals surface area contributed by atoms with Crippen LogP contribution in [0, 0.1) is 0 Å². The lowest BCUT2D eigenvalue weighted by molar-refractivity contribution is -0.121. The summed E-state index contributed by atoms with van der Waals surface area (Å²) >= 11 is 3.31. The molecule has 0 radical (unpaired) electrons. The van der Waals surface area contributed by atoms with Gasteiger partial charge in [-0.1, -0.05) is 22.0 Å². The van der Waals surface area contributed by atoms with Gasteiger partial charge in [0.1, 0.15) is 11.5 Å². The minimum absolute atomic E-state index is 0.123. The molecule has 2 aromatic carbocycles. The second-order valence-corrected chi connectivity index (χ2v) is 7.75. The third kappa shape index (κ3) is 4.81. The molecule has 0 spiro atoms. The van der Waals surface area contributed by atoms with E-state index < -0.39 is 0 Å². The molecule has 0 aromatic heterocycles. The second-order valence-electron chi connectivity index (χ2n) is 6.83. The number of nitrogens with zero attached hydrogens (tertiary/aromatic N) is 1. The van der Waals surface area contributed by atoms with Crippen LogP contribution in [0.25, 0.3) is 0 Å². The summed E-state index contributed by atoms with van der Waals surface area (Å²) < 4.78 is 11.3. The fraction of sp³-hybridized carbons (Fsp3) is 0.318. The monoisotopic (exact) mass is 474 g/mol. The number of hydrogen-bond acceptors (Lipinski definition) is 5. The average molecular weight is 475 g/mol. The van der Waals surface area contributed by atoms with Crippen molar-refractivity contribution in [3.8, 4) is 11.5 Å². The molecule has 30 heavy (non-hydrogen) atoms. The molecule has 0 atom stereocenters. The van der Waals surface area contributed by atoms with Gasteiger partial charge in [0.15, 0.2) is 0 Å². The largest absolute Gasteiger partial charge is 0.497 e. The Bertz CT molecular complexity index is 976. The summed E-state index contributed by atoms with van der Waals surface area (Å²) in [4.78, 5) is 38.2. The van der Waals surface area contributed by atoms with Crippen LogP contribution in [0.5, 0.6) is 11.5 Å². The van der Waals surface area contributed by atoms with Crippen molar-refractivity contribution in [2.45, 2.75) is 19.3 Å². The lowest BCUT2D eigenvalue weighted by Gasteiger charge is -2.14. The number of rotatable bonds is 9. The molecule has 0 aliphatic carbocycles. The molecule has 8 heteroatoms. The van der Waals surface area contributed by atoms with E-state index in [2.05, 4.69) is 21.2 Å². The van der Waals surface area contributed by atoms with E-state index >= 15 is 0 Å². The highest BCUT2D eigenvalue weighted by molar-refractivity contribution is 9.10. The van der Waals surface area contributed by atoms with Crippen molar-refractivity contribution in [1.82, 2.24) is 10.2 Å². The van der Waals surface area contributed by atoms with E-state index in [0.29, 0.717) is 42.0 Å². The fourth-order valence-electron chi connectivity index (χ4n) is 3.35. The minimum Gasteiger partial charge on any atom is -0.497 e. The van der Waals surface area contributed by atoms with Crippen LogP contribution in [0.4, 0.5) is 0 Å². The lowest BCUT2D eigenvalue weighted by Crippen LogP contribution is -2.32. The van der Waals surface area contributed by atoms with Crippen molar-refractivity contribution in [1.29, 1.82) is 0 Å². The summed E-state index contributed by atoms with van der Waals surface area (Å²) in [5.74, 6) is 0.667. The van der Waals surface area contributed by atoms with Gasteiger partial charge in [-0.15, -0.1) is 0 Å². The number of carbonyl (C=O) groups is 3. The van der Waals surface area contributed by atoms with Gasteiger partial charge in [0.05, 0.1) is 25.3 Å². The summed E-state index contributed by atoms with van der Waals surface area (Å²) in [7, 11) is 3.18. The number of imide groups is 1. The molecular formula is C22H23BrN2O5. The number of halogens is 1. The molecule has 1 aliphatic rings. The first-order valence-electron chi connectivity index (χ1n) is 9.58. The molecule has 3 rings (SSSR count). The number of nitrogens with one attached hydrogen (secondary N) is 1. The van der Waals surface area contributed by atoms with Gasteiger partial charge in [0, 0.05) is 30.0 Å². The van der Waals surface area contributed by atoms with Crippen LogP contribution in [-0.4, -0.2) is 49.9 Å². The Labute approximate surface area is 183 Å². The van der Waals surface area contributed by atoms with Crippen LogP contribution in [-0.2, 0) is 11.2 Å². The predicted octanol–water partition coefficient (Wildman–Crippen LogP) is 3.20. The third-order valence-corrected chi connectivity index (χ3v) is 5.42. The van der Waals surface area contributed by atoms with Gasteiger partial charge < -0.3 is 14.8 Å². The number of benzene rings is 2. The third-order valence-electron chi connectivity index (χ3n) is 4.93. The highest BCUT2D eigenvalue weighted by Gasteiger charge is 2.35. The van der Waals surface area contributed by atoms with Crippen molar-refractivity contribution < 1.29 is 23.9 Å². The topological polar surface area (TPSA) is 84.9 Å². The van der Waals surface area contributed by atoms with Crippen LogP contribution < -0.4 is 14.8 Å². The van der Waals surface area contributed by atoms with E-state index in [1.54, 1.807) is 38.5 Å². The van der Waals surface area contributed by atoms with Crippen molar-refractivity contribution in [3.05, 3.63) is 57.6 Å². The van der Waals surface area contributed by atoms with Crippen molar-refractivity contribution in [2.24, 2.45) is 0 Å². The Morgan fingerprint density at radius 2 is 1.80 bits per heavy atom. The van der Waals surface area contributed by atoms with Gasteiger partial charge in [-0.2, -0.15) is 0 Å². The first kappa shape index (κ1) is 21.8. The molecule has 1 heterocycles. The summed E-state index contributed by atoms with van der Waals surface area (Å²) in [5, 5.41) is 2.86. The molecule has 1 aliphatic heterocycles. The summed E-state index contributed by atoms with van der Waals surface area (Å²) in [5.41, 5.74) is 1.77. The molecule has 1 N–H and O–H groups in total. The van der Waals surface area contributed by atoms with Crippen LogP contribution in [0.15, 0.2) is 40.9 Å². The first-order chi connectivity index (χ1) is 14.4. The van der Waals surface area contributed by atoms with Crippen LogP contribution in [0.2, 0.25) is 0 Å². The van der Waals surface area contributed by atoms with E-state index in [1.165, 1.54) is 4.90 Å². The molecule has 0 saturated heterocycles. The molecule has 0 bridgehead atoms. The molecule has 0 fully saturated rings. The number of methoxy groups -OCH3 is 2. The molecule has 3 amide bonds. The molecule has 0 saturated carbocycles. The number of ether oxygens (including phenoxy) is 2. The number of hydrogen-bond donors (Lipinski definition) is 1. The van der Waals surface area contributed by atoms with Crippen molar-refractivity contribution >= 4 is 33.7 Å². The zero-order chi connectivity index (χ0) is 21.7.